The zero-order chi connectivity index (χ0) is 15.5. The van der Waals surface area contributed by atoms with Gasteiger partial charge in [0.25, 0.3) is 8.32 Å². The molecule has 3 heteroatoms. The summed E-state index contributed by atoms with van der Waals surface area (Å²) < 4.78 is 6.57. The maximum Gasteiger partial charge on any atom is 0.276 e. The fourth-order valence-electron chi connectivity index (χ4n) is 3.28. The van der Waals surface area contributed by atoms with Gasteiger partial charge in [-0.15, -0.1) is 0 Å². The number of hydrogen-bond acceptors (Lipinski definition) is 1. The lowest BCUT2D eigenvalue weighted by molar-refractivity contribution is 0.430. The van der Waals surface area contributed by atoms with Gasteiger partial charge < -0.3 is 4.43 Å². The molecular formula is C18H30OSi2. The van der Waals surface area contributed by atoms with Crippen molar-refractivity contribution >= 4 is 21.6 Å². The first kappa shape index (κ1) is 16.6. The molecule has 1 heterocycles. The predicted molar refractivity (Wildman–Crippen MR) is 98.3 cm³/mol. The van der Waals surface area contributed by atoms with Crippen molar-refractivity contribution in [3.63, 3.8) is 0 Å². The molecule has 1 atom stereocenters. The minimum Gasteiger partial charge on any atom is -0.543 e. The second-order valence-corrected chi connectivity index (χ2v) is 16.4. The van der Waals surface area contributed by atoms with Gasteiger partial charge in [-0.05, 0) is 42.4 Å². The van der Waals surface area contributed by atoms with Crippen LogP contribution >= 0.6 is 0 Å². The molecular weight excluding hydrogens is 288 g/mol. The van der Waals surface area contributed by atoms with Gasteiger partial charge in [0.05, 0.1) is 13.8 Å². The van der Waals surface area contributed by atoms with Gasteiger partial charge in [-0.1, -0.05) is 63.2 Å². The summed E-state index contributed by atoms with van der Waals surface area (Å²) in [6.45, 7) is 12.0. The average molecular weight is 319 g/mol. The Morgan fingerprint density at radius 3 is 2.48 bits per heavy atom. The van der Waals surface area contributed by atoms with Crippen LogP contribution in [0.15, 0.2) is 42.2 Å². The molecule has 0 amide bonds. The fourth-order valence-corrected chi connectivity index (χ4v) is 8.31. The van der Waals surface area contributed by atoms with Gasteiger partial charge in [0.2, 0.25) is 0 Å². The first-order chi connectivity index (χ1) is 9.85. The monoisotopic (exact) mass is 318 g/mol. The second-order valence-electron chi connectivity index (χ2n) is 7.53. The first-order valence-corrected chi connectivity index (χ1v) is 14.5. The third-order valence-electron chi connectivity index (χ3n) is 4.74. The highest BCUT2D eigenvalue weighted by Crippen LogP contribution is 2.42. The van der Waals surface area contributed by atoms with E-state index < -0.39 is 16.4 Å². The van der Waals surface area contributed by atoms with Crippen LogP contribution in [0.5, 0.6) is 0 Å². The van der Waals surface area contributed by atoms with Gasteiger partial charge in [0, 0.05) is 0 Å². The van der Waals surface area contributed by atoms with Crippen LogP contribution in [0.25, 0.3) is 0 Å². The van der Waals surface area contributed by atoms with E-state index in [-0.39, 0.29) is 0 Å². The molecule has 116 valence electrons. The Morgan fingerprint density at radius 1 is 1.19 bits per heavy atom. The summed E-state index contributed by atoms with van der Waals surface area (Å²) in [6.07, 6.45) is 6.50. The summed E-state index contributed by atoms with van der Waals surface area (Å²) >= 11 is 0. The molecule has 0 radical (unpaired) electrons. The quantitative estimate of drug-likeness (QED) is 0.648. The lowest BCUT2D eigenvalue weighted by atomic mass is 10.2. The number of allylic oxidation sites excluding steroid dienone is 2. The highest BCUT2D eigenvalue weighted by Gasteiger charge is 2.39. The molecule has 0 saturated carbocycles. The molecule has 1 aliphatic rings. The van der Waals surface area contributed by atoms with Gasteiger partial charge in [-0.2, -0.15) is 0 Å². The van der Waals surface area contributed by atoms with Gasteiger partial charge in [-0.3, -0.25) is 0 Å². The Morgan fingerprint density at radius 2 is 1.86 bits per heavy atom. The van der Waals surface area contributed by atoms with Crippen LogP contribution in [-0.2, 0) is 4.43 Å². The van der Waals surface area contributed by atoms with Crippen molar-refractivity contribution in [3.8, 4) is 0 Å². The maximum atomic E-state index is 6.57. The minimum absolute atomic E-state index is 0.813. The largest absolute Gasteiger partial charge is 0.543 e. The third-order valence-corrected chi connectivity index (χ3v) is 11.0. The standard InChI is InChI=1S/C18H30OSi2/c1-6-7-11-18-14-16(15-20(18,2)3)19-21(4,5)17-12-9-8-10-13-17/h8-10,12-14,18H,6-7,11,15H2,1-5H3. The zero-order valence-electron chi connectivity index (χ0n) is 14.3. The Kier molecular flexibility index (Phi) is 5.15. The number of hydrogen-bond donors (Lipinski definition) is 0. The zero-order valence-corrected chi connectivity index (χ0v) is 16.3. The van der Waals surface area contributed by atoms with E-state index in [4.69, 9.17) is 4.43 Å². The molecule has 0 aromatic heterocycles. The number of rotatable bonds is 6. The summed E-state index contributed by atoms with van der Waals surface area (Å²) in [5.74, 6) is 1.30. The van der Waals surface area contributed by atoms with Crippen molar-refractivity contribution < 1.29 is 4.43 Å². The first-order valence-electron chi connectivity index (χ1n) is 8.30. The van der Waals surface area contributed by atoms with Crippen LogP contribution < -0.4 is 5.19 Å². The molecule has 1 aromatic rings. The molecule has 0 saturated heterocycles. The van der Waals surface area contributed by atoms with Crippen LogP contribution in [-0.4, -0.2) is 16.4 Å². The topological polar surface area (TPSA) is 9.23 Å². The Balaban J connectivity index is 2.09. The summed E-state index contributed by atoms with van der Waals surface area (Å²) in [5, 5.41) is 1.39. The number of unbranched alkanes of at least 4 members (excludes halogenated alkanes) is 1. The highest BCUT2D eigenvalue weighted by molar-refractivity contribution is 6.85. The van der Waals surface area contributed by atoms with Crippen LogP contribution in [0, 0.1) is 0 Å². The van der Waals surface area contributed by atoms with E-state index in [0.29, 0.717) is 0 Å². The van der Waals surface area contributed by atoms with E-state index in [1.165, 1.54) is 36.3 Å². The molecule has 0 bridgehead atoms. The van der Waals surface area contributed by atoms with Gasteiger partial charge >= 0.3 is 0 Å². The molecule has 2 rings (SSSR count). The van der Waals surface area contributed by atoms with Crippen molar-refractivity contribution in [2.24, 2.45) is 0 Å². The van der Waals surface area contributed by atoms with Crippen molar-refractivity contribution in [2.45, 2.75) is 64.0 Å². The SMILES string of the molecule is CCCCC1C=C(O[Si](C)(C)c2ccccc2)C[Si]1(C)C. The Bertz CT molecular complexity index is 491. The summed E-state index contributed by atoms with van der Waals surface area (Å²) in [7, 11) is -2.98. The molecule has 21 heavy (non-hydrogen) atoms. The lowest BCUT2D eigenvalue weighted by Gasteiger charge is -2.27. The van der Waals surface area contributed by atoms with Crippen LogP contribution in [0.1, 0.15) is 26.2 Å². The second kappa shape index (κ2) is 6.53. The molecule has 1 nitrogen and oxygen atoms in total. The molecule has 0 spiro atoms. The number of benzene rings is 1. The van der Waals surface area contributed by atoms with Gasteiger partial charge in [0.15, 0.2) is 0 Å². The van der Waals surface area contributed by atoms with Crippen LogP contribution in [0.2, 0.25) is 37.8 Å². The molecule has 1 aromatic carbocycles. The molecule has 0 aliphatic carbocycles. The maximum absolute atomic E-state index is 6.57. The Hall–Kier alpha value is -0.806. The van der Waals surface area contributed by atoms with Gasteiger partial charge in [0.1, 0.15) is 0 Å². The lowest BCUT2D eigenvalue weighted by Crippen LogP contribution is -2.44. The molecule has 1 aliphatic heterocycles. The van der Waals surface area contributed by atoms with Crippen molar-refractivity contribution in [1.29, 1.82) is 0 Å². The van der Waals surface area contributed by atoms with Gasteiger partial charge in [-0.25, -0.2) is 0 Å². The van der Waals surface area contributed by atoms with E-state index in [9.17, 15) is 0 Å². The van der Waals surface area contributed by atoms with Crippen LogP contribution in [0.4, 0.5) is 0 Å². The Labute approximate surface area is 132 Å². The molecule has 0 fully saturated rings. The summed E-state index contributed by atoms with van der Waals surface area (Å²) in [5.41, 5.74) is 0.813. The van der Waals surface area contributed by atoms with E-state index in [2.05, 4.69) is 69.5 Å². The molecule has 1 unspecified atom stereocenters. The predicted octanol–water partition coefficient (Wildman–Crippen LogP) is 5.28. The van der Waals surface area contributed by atoms with Crippen LogP contribution in [0.3, 0.4) is 0 Å². The smallest absolute Gasteiger partial charge is 0.276 e. The highest BCUT2D eigenvalue weighted by atomic mass is 28.4. The minimum atomic E-state index is -1.81. The molecule has 0 N–H and O–H groups in total. The third kappa shape index (κ3) is 4.10. The normalized spacial score (nSPS) is 21.2. The fraction of sp³-hybridized carbons (Fsp3) is 0.556. The van der Waals surface area contributed by atoms with Crippen molar-refractivity contribution in [2.75, 3.05) is 0 Å². The average Bonchev–Trinajstić information content (AvgIpc) is 2.70. The van der Waals surface area contributed by atoms with E-state index >= 15 is 0 Å². The van der Waals surface area contributed by atoms with E-state index in [1.54, 1.807) is 0 Å². The van der Waals surface area contributed by atoms with E-state index in [1.807, 2.05) is 0 Å². The van der Waals surface area contributed by atoms with E-state index in [0.717, 1.165) is 5.54 Å². The summed E-state index contributed by atoms with van der Waals surface area (Å²) in [4.78, 5) is 0. The van der Waals surface area contributed by atoms with Crippen molar-refractivity contribution in [3.05, 3.63) is 42.2 Å². The summed E-state index contributed by atoms with van der Waals surface area (Å²) in [6, 6.07) is 12.0. The van der Waals surface area contributed by atoms with Crippen molar-refractivity contribution in [1.82, 2.24) is 0 Å².